The van der Waals surface area contributed by atoms with Crippen molar-refractivity contribution in [1.29, 1.82) is 5.41 Å². The van der Waals surface area contributed by atoms with Gasteiger partial charge in [-0.2, -0.15) is 0 Å². The van der Waals surface area contributed by atoms with Crippen molar-refractivity contribution in [3.05, 3.63) is 27.2 Å². The van der Waals surface area contributed by atoms with Crippen LogP contribution in [0.5, 0.6) is 0 Å². The zero-order valence-corrected chi connectivity index (χ0v) is 11.5. The molecule has 0 unspecified atom stereocenters. The van der Waals surface area contributed by atoms with Crippen LogP contribution in [0.3, 0.4) is 0 Å². The minimum atomic E-state index is -0.575. The lowest BCUT2D eigenvalue weighted by atomic mass is 10.5. The molecule has 2 heterocycles. The molecule has 0 saturated carbocycles. The molecule has 1 amide bonds. The predicted molar refractivity (Wildman–Crippen MR) is 72.8 cm³/mol. The van der Waals surface area contributed by atoms with Gasteiger partial charge in [0.25, 0.3) is 17.4 Å². The maximum absolute atomic E-state index is 12.1. The molecule has 0 fully saturated rings. The van der Waals surface area contributed by atoms with E-state index in [2.05, 4.69) is 20.6 Å². The van der Waals surface area contributed by atoms with Crippen LogP contribution in [0.25, 0.3) is 11.2 Å². The van der Waals surface area contributed by atoms with Crippen LogP contribution in [0.4, 0.5) is 0 Å². The number of amides is 1. The molecular formula is C10H12N8O3. The molecule has 0 aliphatic rings. The Kier molecular flexibility index (Phi) is 3.48. The van der Waals surface area contributed by atoms with E-state index in [-0.39, 0.29) is 11.2 Å². The summed E-state index contributed by atoms with van der Waals surface area (Å²) in [6.07, 6.45) is 1.23. The monoisotopic (exact) mass is 292 g/mol. The van der Waals surface area contributed by atoms with Crippen molar-refractivity contribution in [2.24, 2.45) is 24.3 Å². The van der Waals surface area contributed by atoms with Gasteiger partial charge in [-0.25, -0.2) is 14.5 Å². The minimum absolute atomic E-state index is 0.0716. The third-order valence-corrected chi connectivity index (χ3v) is 2.66. The van der Waals surface area contributed by atoms with Crippen LogP contribution >= 0.6 is 0 Å². The Labute approximate surface area is 117 Å². The molecule has 0 aliphatic heterocycles. The third-order valence-electron chi connectivity index (χ3n) is 2.66. The lowest BCUT2D eigenvalue weighted by Crippen LogP contribution is -2.38. The van der Waals surface area contributed by atoms with Gasteiger partial charge >= 0.3 is 5.69 Å². The topological polar surface area (TPSA) is 139 Å². The highest BCUT2D eigenvalue weighted by atomic mass is 16.2. The lowest BCUT2D eigenvalue weighted by Gasteiger charge is -2.06. The first-order chi connectivity index (χ1) is 9.82. The number of guanidine groups is 1. The maximum Gasteiger partial charge on any atom is 0.332 e. The van der Waals surface area contributed by atoms with Gasteiger partial charge in [-0.05, 0) is 0 Å². The van der Waals surface area contributed by atoms with E-state index in [9.17, 15) is 14.4 Å². The largest absolute Gasteiger partial charge is 0.332 e. The molecular weight excluding hydrogens is 280 g/mol. The zero-order valence-electron chi connectivity index (χ0n) is 11.5. The fraction of sp³-hybridized carbons (Fsp3) is 0.300. The zero-order chi connectivity index (χ0) is 15.7. The smallest absolute Gasteiger partial charge is 0.279 e. The van der Waals surface area contributed by atoms with E-state index >= 15 is 0 Å². The molecule has 11 heteroatoms. The number of aryl methyl sites for hydroxylation is 1. The molecule has 0 aliphatic carbocycles. The molecule has 0 aromatic carbocycles. The SMILES string of the molecule is CC(=O)N=NC(=N)Nn1cnc2c1c(=O)n(C)c(=O)n2C. The molecule has 0 radical (unpaired) electrons. The molecule has 110 valence electrons. The van der Waals surface area contributed by atoms with Crippen LogP contribution < -0.4 is 16.7 Å². The highest BCUT2D eigenvalue weighted by molar-refractivity contribution is 5.87. The molecule has 2 rings (SSSR count). The van der Waals surface area contributed by atoms with Crippen molar-refractivity contribution in [3.8, 4) is 0 Å². The van der Waals surface area contributed by atoms with Crippen molar-refractivity contribution < 1.29 is 4.79 Å². The number of nitrogens with zero attached hydrogens (tertiary/aromatic N) is 6. The van der Waals surface area contributed by atoms with Gasteiger partial charge in [0.1, 0.15) is 6.33 Å². The Hall–Kier alpha value is -3.11. The van der Waals surface area contributed by atoms with E-state index in [1.807, 2.05) is 0 Å². The highest BCUT2D eigenvalue weighted by Gasteiger charge is 2.14. The number of fused-ring (bicyclic) bond motifs is 1. The summed E-state index contributed by atoms with van der Waals surface area (Å²) in [4.78, 5) is 38.4. The van der Waals surface area contributed by atoms with E-state index in [0.717, 1.165) is 9.24 Å². The van der Waals surface area contributed by atoms with Crippen molar-refractivity contribution in [3.63, 3.8) is 0 Å². The van der Waals surface area contributed by atoms with Crippen LogP contribution in [0, 0.1) is 5.41 Å². The number of carbonyl (C=O) groups excluding carboxylic acids is 1. The van der Waals surface area contributed by atoms with Gasteiger partial charge < -0.3 is 0 Å². The summed E-state index contributed by atoms with van der Waals surface area (Å²) >= 11 is 0. The number of hydrogen-bond donors (Lipinski definition) is 2. The second kappa shape index (κ2) is 5.11. The van der Waals surface area contributed by atoms with E-state index < -0.39 is 23.1 Å². The van der Waals surface area contributed by atoms with Crippen LogP contribution in [0.15, 0.2) is 26.1 Å². The normalized spacial score (nSPS) is 11.2. The van der Waals surface area contributed by atoms with Gasteiger partial charge in [0.05, 0.1) is 0 Å². The van der Waals surface area contributed by atoms with Crippen LogP contribution in [0.1, 0.15) is 6.92 Å². The van der Waals surface area contributed by atoms with Gasteiger partial charge in [-0.3, -0.25) is 29.6 Å². The van der Waals surface area contributed by atoms with Gasteiger partial charge in [-0.1, -0.05) is 0 Å². The quantitative estimate of drug-likeness (QED) is 0.390. The first-order valence-electron chi connectivity index (χ1n) is 5.74. The van der Waals surface area contributed by atoms with Crippen molar-refractivity contribution in [2.45, 2.75) is 6.92 Å². The number of nitrogens with one attached hydrogen (secondary N) is 2. The fourth-order valence-electron chi connectivity index (χ4n) is 1.69. The van der Waals surface area contributed by atoms with Crippen molar-refractivity contribution in [1.82, 2.24) is 18.8 Å². The molecule has 2 aromatic rings. The number of carbonyl (C=O) groups is 1. The average Bonchev–Trinajstić information content (AvgIpc) is 2.84. The molecule has 21 heavy (non-hydrogen) atoms. The summed E-state index contributed by atoms with van der Waals surface area (Å²) in [5.41, 5.74) is 1.58. The Balaban J connectivity index is 2.53. The van der Waals surface area contributed by atoms with Crippen LogP contribution in [-0.4, -0.2) is 30.7 Å². The Bertz CT molecular complexity index is 884. The molecule has 0 spiro atoms. The number of aromatic nitrogens is 4. The summed E-state index contributed by atoms with van der Waals surface area (Å²) in [6, 6.07) is 0. The van der Waals surface area contributed by atoms with Crippen molar-refractivity contribution in [2.75, 3.05) is 5.43 Å². The lowest BCUT2D eigenvalue weighted by molar-refractivity contribution is -0.116. The average molecular weight is 292 g/mol. The number of imidazole rings is 1. The first kappa shape index (κ1) is 14.3. The first-order valence-corrected chi connectivity index (χ1v) is 5.74. The summed E-state index contributed by atoms with van der Waals surface area (Å²) in [6.45, 7) is 1.19. The summed E-state index contributed by atoms with van der Waals surface area (Å²) in [7, 11) is 2.81. The summed E-state index contributed by atoms with van der Waals surface area (Å²) in [5.74, 6) is -1.02. The van der Waals surface area contributed by atoms with Gasteiger partial charge in [0, 0.05) is 21.0 Å². The van der Waals surface area contributed by atoms with E-state index in [1.54, 1.807) is 0 Å². The third kappa shape index (κ3) is 2.48. The van der Waals surface area contributed by atoms with Crippen molar-refractivity contribution >= 4 is 23.0 Å². The fourth-order valence-corrected chi connectivity index (χ4v) is 1.69. The molecule has 11 nitrogen and oxygen atoms in total. The Morgan fingerprint density at radius 2 is 1.95 bits per heavy atom. The molecule has 0 saturated heterocycles. The molecule has 0 bridgehead atoms. The van der Waals surface area contributed by atoms with Gasteiger partial charge in [0.2, 0.25) is 0 Å². The van der Waals surface area contributed by atoms with Crippen LogP contribution in [-0.2, 0) is 18.9 Å². The molecule has 0 atom stereocenters. The molecule has 2 N–H and O–H groups in total. The minimum Gasteiger partial charge on any atom is -0.279 e. The predicted octanol–water partition coefficient (Wildman–Crippen LogP) is -1.09. The highest BCUT2D eigenvalue weighted by Crippen LogP contribution is 2.03. The second-order valence-corrected chi connectivity index (χ2v) is 4.17. The second-order valence-electron chi connectivity index (χ2n) is 4.17. The summed E-state index contributed by atoms with van der Waals surface area (Å²) < 4.78 is 3.26. The summed E-state index contributed by atoms with van der Waals surface area (Å²) in [5, 5.41) is 14.0. The standard InChI is InChI=1S/C10H12N8O3/c1-5(19)13-14-9(11)15-18-4-12-7-6(18)8(20)17(3)10(21)16(7)2/h4H,1-3H3,(H2,11,15). The van der Waals surface area contributed by atoms with E-state index in [0.29, 0.717) is 0 Å². The van der Waals surface area contributed by atoms with E-state index in [1.165, 1.54) is 31.9 Å². The van der Waals surface area contributed by atoms with Gasteiger partial charge in [0.15, 0.2) is 11.2 Å². The van der Waals surface area contributed by atoms with E-state index in [4.69, 9.17) is 5.41 Å². The Morgan fingerprint density at radius 1 is 1.29 bits per heavy atom. The van der Waals surface area contributed by atoms with Gasteiger partial charge in [-0.15, -0.1) is 10.2 Å². The molecule has 2 aromatic heterocycles. The maximum atomic E-state index is 12.1. The number of azo groups is 1. The Morgan fingerprint density at radius 3 is 2.57 bits per heavy atom. The van der Waals surface area contributed by atoms with Crippen LogP contribution in [0.2, 0.25) is 0 Å². The number of hydrogen-bond acceptors (Lipinski definition) is 5. The number of rotatable bonds is 1.